The first-order chi connectivity index (χ1) is 15.2. The number of amides is 1. The lowest BCUT2D eigenvalue weighted by molar-refractivity contribution is -0.112. The van der Waals surface area contributed by atoms with Gasteiger partial charge in [-0.3, -0.25) is 9.48 Å². The van der Waals surface area contributed by atoms with E-state index in [1.165, 1.54) is 6.07 Å². The van der Waals surface area contributed by atoms with E-state index < -0.39 is 5.60 Å². The Balaban J connectivity index is 1.67. The van der Waals surface area contributed by atoms with Crippen LogP contribution in [0.25, 0.3) is 10.9 Å². The zero-order valence-corrected chi connectivity index (χ0v) is 19.5. The van der Waals surface area contributed by atoms with Crippen LogP contribution in [0.4, 0.5) is 5.69 Å². The number of nitrogens with one attached hydrogen (secondary N) is 1. The number of rotatable bonds is 5. The first-order valence-corrected chi connectivity index (χ1v) is 11.4. The minimum atomic E-state index is -1.19. The molecule has 32 heavy (non-hydrogen) atoms. The lowest BCUT2D eigenvalue weighted by Gasteiger charge is -2.25. The second-order valence-electron chi connectivity index (χ2n) is 8.91. The van der Waals surface area contributed by atoms with E-state index in [0.29, 0.717) is 26.9 Å². The largest absolute Gasteiger partial charge is 0.386 e. The van der Waals surface area contributed by atoms with Crippen molar-refractivity contribution in [1.82, 2.24) is 9.78 Å². The Hall–Kier alpha value is -2.41. The summed E-state index contributed by atoms with van der Waals surface area (Å²) in [5.41, 5.74) is 0.981. The van der Waals surface area contributed by atoms with Gasteiger partial charge >= 0.3 is 0 Å². The van der Waals surface area contributed by atoms with Crippen LogP contribution in [0.1, 0.15) is 61.5 Å². The Labute approximate surface area is 196 Å². The number of carbonyl (C=O) groups excluding carboxylic acids is 2. The van der Waals surface area contributed by atoms with Gasteiger partial charge in [-0.15, -0.1) is 0 Å². The Kier molecular flexibility index (Phi) is 6.30. The third-order valence-electron chi connectivity index (χ3n) is 6.06. The smallest absolute Gasteiger partial charge is 0.255 e. The maximum absolute atomic E-state index is 12.9. The minimum Gasteiger partial charge on any atom is -0.386 e. The molecule has 4 rings (SSSR count). The van der Waals surface area contributed by atoms with Gasteiger partial charge in [0.25, 0.3) is 5.91 Å². The lowest BCUT2D eigenvalue weighted by Crippen LogP contribution is -2.21. The van der Waals surface area contributed by atoms with Crippen molar-refractivity contribution in [3.8, 4) is 0 Å². The molecule has 1 aliphatic carbocycles. The number of aldehydes is 1. The van der Waals surface area contributed by atoms with E-state index in [1.54, 1.807) is 26.0 Å². The Morgan fingerprint density at radius 2 is 1.88 bits per heavy atom. The van der Waals surface area contributed by atoms with Crippen molar-refractivity contribution in [2.75, 3.05) is 5.32 Å². The number of halogens is 2. The van der Waals surface area contributed by atoms with Crippen molar-refractivity contribution >= 4 is 52.0 Å². The van der Waals surface area contributed by atoms with Gasteiger partial charge in [-0.2, -0.15) is 5.10 Å². The Morgan fingerprint density at radius 3 is 2.50 bits per heavy atom. The number of hydrogen-bond donors (Lipinski definition) is 2. The van der Waals surface area contributed by atoms with Crippen LogP contribution >= 0.6 is 23.2 Å². The van der Waals surface area contributed by atoms with Crippen LogP contribution in [0, 0.1) is 5.92 Å². The van der Waals surface area contributed by atoms with Crippen LogP contribution in [-0.4, -0.2) is 27.1 Å². The van der Waals surface area contributed by atoms with Crippen molar-refractivity contribution in [3.63, 3.8) is 0 Å². The first kappa shape index (κ1) is 22.8. The Bertz CT molecular complexity index is 1180. The van der Waals surface area contributed by atoms with Crippen LogP contribution in [0.15, 0.2) is 36.5 Å². The summed E-state index contributed by atoms with van der Waals surface area (Å²) in [5, 5.41) is 19.9. The molecule has 0 aliphatic heterocycles. The van der Waals surface area contributed by atoms with E-state index in [4.69, 9.17) is 28.3 Å². The van der Waals surface area contributed by atoms with E-state index >= 15 is 0 Å². The maximum atomic E-state index is 12.9. The molecule has 2 N–H and O–H groups in total. The number of benzene rings is 2. The molecule has 1 saturated carbocycles. The summed E-state index contributed by atoms with van der Waals surface area (Å²) in [6, 6.07) is 8.56. The fourth-order valence-corrected chi connectivity index (χ4v) is 4.52. The quantitative estimate of drug-likeness (QED) is 0.461. The average Bonchev–Trinajstić information content (AvgIpc) is 3.17. The van der Waals surface area contributed by atoms with E-state index in [1.807, 2.05) is 23.0 Å². The highest BCUT2D eigenvalue weighted by Gasteiger charge is 2.26. The molecule has 0 atom stereocenters. The number of carbonyl (C=O) groups is 2. The fraction of sp³-hybridized carbons (Fsp3) is 0.375. The van der Waals surface area contributed by atoms with E-state index in [9.17, 15) is 14.7 Å². The molecule has 1 fully saturated rings. The van der Waals surface area contributed by atoms with Crippen molar-refractivity contribution < 1.29 is 14.7 Å². The summed E-state index contributed by atoms with van der Waals surface area (Å²) in [6.45, 7) is 3.33. The average molecular weight is 474 g/mol. The molecule has 1 aliphatic rings. The van der Waals surface area contributed by atoms with Crippen LogP contribution < -0.4 is 5.32 Å². The molecule has 0 spiro atoms. The molecule has 1 aromatic heterocycles. The van der Waals surface area contributed by atoms with Crippen LogP contribution in [0.5, 0.6) is 0 Å². The second kappa shape index (κ2) is 8.85. The van der Waals surface area contributed by atoms with Gasteiger partial charge < -0.3 is 15.2 Å². The van der Waals surface area contributed by atoms with E-state index in [0.717, 1.165) is 42.9 Å². The van der Waals surface area contributed by atoms with Gasteiger partial charge in [-0.05, 0) is 69.9 Å². The van der Waals surface area contributed by atoms with Gasteiger partial charge in [0.05, 0.1) is 27.2 Å². The number of anilines is 1. The van der Waals surface area contributed by atoms with Gasteiger partial charge in [0, 0.05) is 34.3 Å². The van der Waals surface area contributed by atoms with Crippen molar-refractivity contribution in [2.24, 2.45) is 5.92 Å². The highest BCUT2D eigenvalue weighted by molar-refractivity contribution is 6.42. The normalized spacial score (nSPS) is 19.2. The summed E-state index contributed by atoms with van der Waals surface area (Å²) >= 11 is 12.0. The first-order valence-electron chi connectivity index (χ1n) is 10.6. The highest BCUT2D eigenvalue weighted by atomic mass is 35.5. The van der Waals surface area contributed by atoms with Gasteiger partial charge in [0.2, 0.25) is 0 Å². The molecule has 168 valence electrons. The van der Waals surface area contributed by atoms with Gasteiger partial charge in [-0.25, -0.2) is 0 Å². The zero-order chi connectivity index (χ0) is 23.0. The summed E-state index contributed by atoms with van der Waals surface area (Å²) in [5.74, 6) is -0.214. The SMILES string of the molecule is CC(C)(O)c1cc2nn(C3CCC(C=O)CC3)cc2cc1NC(=O)c1ccc(Cl)c(Cl)c1. The summed E-state index contributed by atoms with van der Waals surface area (Å²) in [6.07, 6.45) is 6.54. The number of nitrogens with zero attached hydrogens (tertiary/aromatic N) is 2. The summed E-state index contributed by atoms with van der Waals surface area (Å²) in [4.78, 5) is 23.9. The van der Waals surface area contributed by atoms with Gasteiger partial charge in [0.15, 0.2) is 0 Å². The molecule has 3 aromatic rings. The predicted octanol–water partition coefficient (Wildman–Crippen LogP) is 5.75. The number of fused-ring (bicyclic) bond motifs is 1. The molecule has 1 amide bonds. The minimum absolute atomic E-state index is 0.140. The molecule has 0 radical (unpaired) electrons. The molecule has 0 unspecified atom stereocenters. The maximum Gasteiger partial charge on any atom is 0.255 e. The van der Waals surface area contributed by atoms with Gasteiger partial charge in [0.1, 0.15) is 6.29 Å². The Morgan fingerprint density at radius 1 is 1.16 bits per heavy atom. The topological polar surface area (TPSA) is 84.2 Å². The van der Waals surface area contributed by atoms with Crippen LogP contribution in [0.2, 0.25) is 10.0 Å². The molecule has 8 heteroatoms. The van der Waals surface area contributed by atoms with Crippen molar-refractivity contribution in [1.29, 1.82) is 0 Å². The van der Waals surface area contributed by atoms with Gasteiger partial charge in [-0.1, -0.05) is 23.2 Å². The zero-order valence-electron chi connectivity index (χ0n) is 17.9. The van der Waals surface area contributed by atoms with Crippen LogP contribution in [0.3, 0.4) is 0 Å². The molecule has 1 heterocycles. The van der Waals surface area contributed by atoms with Crippen molar-refractivity contribution in [3.05, 3.63) is 57.7 Å². The molecule has 6 nitrogen and oxygen atoms in total. The predicted molar refractivity (Wildman–Crippen MR) is 126 cm³/mol. The summed E-state index contributed by atoms with van der Waals surface area (Å²) < 4.78 is 1.95. The number of hydrogen-bond acceptors (Lipinski definition) is 4. The standard InChI is InChI=1S/C24H25Cl2N3O3/c1-24(2,32)18-11-21-16(12-29(28-21)17-6-3-14(13-30)4-7-17)10-22(18)27-23(31)15-5-8-19(25)20(26)9-15/h5,8-14,17,32H,3-4,6-7H2,1-2H3,(H,27,31). The summed E-state index contributed by atoms with van der Waals surface area (Å²) in [7, 11) is 0. The van der Waals surface area contributed by atoms with E-state index in [2.05, 4.69) is 5.32 Å². The van der Waals surface area contributed by atoms with E-state index in [-0.39, 0.29) is 17.9 Å². The molecule has 0 saturated heterocycles. The molecule has 0 bridgehead atoms. The highest BCUT2D eigenvalue weighted by Crippen LogP contribution is 2.35. The molecular weight excluding hydrogens is 449 g/mol. The van der Waals surface area contributed by atoms with Crippen LogP contribution in [-0.2, 0) is 10.4 Å². The lowest BCUT2D eigenvalue weighted by atomic mass is 9.87. The fourth-order valence-electron chi connectivity index (χ4n) is 4.22. The second-order valence-corrected chi connectivity index (χ2v) is 9.73. The van der Waals surface area contributed by atoms with Crippen molar-refractivity contribution in [2.45, 2.75) is 51.2 Å². The monoisotopic (exact) mass is 473 g/mol. The number of aliphatic hydroxyl groups is 1. The third kappa shape index (κ3) is 4.68. The number of aromatic nitrogens is 2. The molecule has 2 aromatic carbocycles. The molecular formula is C24H25Cl2N3O3. The third-order valence-corrected chi connectivity index (χ3v) is 6.80.